The highest BCUT2D eigenvalue weighted by Gasteiger charge is 2.56. The zero-order valence-corrected chi connectivity index (χ0v) is 21.2. The summed E-state index contributed by atoms with van der Waals surface area (Å²) in [5, 5.41) is 27.6. The quantitative estimate of drug-likeness (QED) is 0.568. The summed E-state index contributed by atoms with van der Waals surface area (Å²) < 4.78 is 0. The monoisotopic (exact) mass is 512 g/mol. The Morgan fingerprint density at radius 3 is 2.42 bits per heavy atom. The first-order valence-electron chi connectivity index (χ1n) is 13.6. The zero-order chi connectivity index (χ0) is 26.4. The van der Waals surface area contributed by atoms with Crippen LogP contribution in [0.25, 0.3) is 11.1 Å². The van der Waals surface area contributed by atoms with Crippen molar-refractivity contribution in [2.75, 3.05) is 13.1 Å². The van der Waals surface area contributed by atoms with Crippen LogP contribution in [0.5, 0.6) is 0 Å². The number of nitrogens with one attached hydrogen (secondary N) is 2. The number of fused-ring (bicyclic) bond motifs is 4. The van der Waals surface area contributed by atoms with Gasteiger partial charge in [-0.2, -0.15) is 5.26 Å². The number of aliphatic hydroxyl groups is 1. The molecule has 5 atom stereocenters. The molecule has 0 unspecified atom stereocenters. The number of likely N-dealkylation sites (tertiary alicyclic amines) is 1. The molecule has 0 aromatic heterocycles. The minimum absolute atomic E-state index is 0.0215. The Bertz CT molecular complexity index is 1290. The molecule has 0 spiro atoms. The van der Waals surface area contributed by atoms with Crippen LogP contribution in [0, 0.1) is 29.1 Å². The van der Waals surface area contributed by atoms with Crippen LogP contribution in [0.1, 0.15) is 49.7 Å². The van der Waals surface area contributed by atoms with Gasteiger partial charge in [0.25, 0.3) is 5.91 Å². The van der Waals surface area contributed by atoms with E-state index in [4.69, 9.17) is 0 Å². The summed E-state index contributed by atoms with van der Waals surface area (Å²) in [6.45, 7) is 1.03. The van der Waals surface area contributed by atoms with Gasteiger partial charge < -0.3 is 20.6 Å². The second kappa shape index (κ2) is 9.55. The molecule has 3 amide bonds. The van der Waals surface area contributed by atoms with Crippen LogP contribution in [0.2, 0.25) is 0 Å². The lowest BCUT2D eigenvalue weighted by Crippen LogP contribution is -2.55. The van der Waals surface area contributed by atoms with Crippen LogP contribution in [-0.2, 0) is 20.0 Å². The first kappa shape index (κ1) is 24.6. The maximum absolute atomic E-state index is 14.3. The van der Waals surface area contributed by atoms with Crippen molar-refractivity contribution in [3.63, 3.8) is 0 Å². The van der Waals surface area contributed by atoms with Crippen LogP contribution < -0.4 is 10.6 Å². The number of carbonyl (C=O) groups excluding carboxylic acids is 3. The van der Waals surface area contributed by atoms with E-state index in [1.807, 2.05) is 36.4 Å². The lowest BCUT2D eigenvalue weighted by Gasteiger charge is -2.34. The van der Waals surface area contributed by atoms with E-state index in [2.05, 4.69) is 16.7 Å². The molecule has 2 aliphatic carbocycles. The maximum atomic E-state index is 14.3. The molecule has 3 N–H and O–H groups in total. The molecular weight excluding hydrogens is 480 g/mol. The molecule has 0 bridgehead atoms. The lowest BCUT2D eigenvalue weighted by molar-refractivity contribution is -0.152. The van der Waals surface area contributed by atoms with Crippen LogP contribution in [0.15, 0.2) is 48.5 Å². The second-order valence-corrected chi connectivity index (χ2v) is 11.1. The Labute approximate surface area is 222 Å². The van der Waals surface area contributed by atoms with Crippen LogP contribution in [-0.4, -0.2) is 52.9 Å². The molecule has 196 valence electrons. The summed E-state index contributed by atoms with van der Waals surface area (Å²) in [7, 11) is 0. The van der Waals surface area contributed by atoms with E-state index in [-0.39, 0.29) is 36.0 Å². The summed E-state index contributed by atoms with van der Waals surface area (Å²) in [5.74, 6) is -1.12. The van der Waals surface area contributed by atoms with E-state index in [9.17, 15) is 24.8 Å². The minimum Gasteiger partial charge on any atom is -0.372 e. The van der Waals surface area contributed by atoms with Crippen LogP contribution in [0.4, 0.5) is 0 Å². The SMILES string of the molecule is N#C[C@H](C[C@H]1CCCNC1=O)NC(=O)[C@@H]1[C@H]2CCC[C@H]2CN1C(=O)C1(O)c2ccccc2-c2ccccc21. The highest BCUT2D eigenvalue weighted by atomic mass is 16.3. The van der Waals surface area contributed by atoms with E-state index in [0.717, 1.165) is 36.8 Å². The molecule has 2 aromatic carbocycles. The van der Waals surface area contributed by atoms with E-state index < -0.39 is 23.6 Å². The van der Waals surface area contributed by atoms with Crippen molar-refractivity contribution in [1.29, 1.82) is 5.26 Å². The van der Waals surface area contributed by atoms with Crippen LogP contribution in [0.3, 0.4) is 0 Å². The smallest absolute Gasteiger partial charge is 0.264 e. The van der Waals surface area contributed by atoms with Gasteiger partial charge in [-0.05, 0) is 55.1 Å². The van der Waals surface area contributed by atoms with Crippen molar-refractivity contribution < 1.29 is 19.5 Å². The molecule has 1 saturated carbocycles. The summed E-state index contributed by atoms with van der Waals surface area (Å²) in [4.78, 5) is 41.9. The first-order chi connectivity index (χ1) is 18.4. The first-order valence-corrected chi connectivity index (χ1v) is 13.6. The molecule has 6 rings (SSSR count). The van der Waals surface area contributed by atoms with Gasteiger partial charge in [0, 0.05) is 30.1 Å². The van der Waals surface area contributed by atoms with Gasteiger partial charge in [-0.1, -0.05) is 55.0 Å². The third kappa shape index (κ3) is 3.80. The fourth-order valence-corrected chi connectivity index (χ4v) is 7.25. The summed E-state index contributed by atoms with van der Waals surface area (Å²) in [6.07, 6.45) is 4.51. The molecular formula is C30H32N4O4. The van der Waals surface area contributed by atoms with Gasteiger partial charge >= 0.3 is 0 Å². The number of piperidine rings is 1. The Morgan fingerprint density at radius 2 is 1.76 bits per heavy atom. The largest absolute Gasteiger partial charge is 0.372 e. The van der Waals surface area contributed by atoms with E-state index in [1.165, 1.54) is 0 Å². The van der Waals surface area contributed by atoms with Crippen molar-refractivity contribution in [2.45, 2.75) is 56.2 Å². The normalized spacial score (nSPS) is 27.5. The molecule has 2 heterocycles. The highest BCUT2D eigenvalue weighted by Crippen LogP contribution is 2.50. The standard InChI is InChI=1S/C30H32N4O4/c31-16-20(15-18-8-6-14-32-27(18)35)33-28(36)26-21-11-5-7-19(21)17-34(26)29(37)30(38)24-12-3-1-9-22(24)23-10-2-4-13-25(23)30/h1-4,9-10,12-13,18-21,26,38H,5-8,11,14-15,17H2,(H,32,35)(H,33,36)/t18-,19+,20+,21+,26+/m1/s1. The molecule has 2 aliphatic heterocycles. The molecule has 8 heteroatoms. The van der Waals surface area contributed by atoms with Crippen molar-refractivity contribution in [1.82, 2.24) is 15.5 Å². The van der Waals surface area contributed by atoms with E-state index in [0.29, 0.717) is 30.6 Å². The van der Waals surface area contributed by atoms with Gasteiger partial charge in [0.15, 0.2) is 5.60 Å². The number of amides is 3. The van der Waals surface area contributed by atoms with Crippen molar-refractivity contribution >= 4 is 17.7 Å². The number of hydrogen-bond donors (Lipinski definition) is 3. The minimum atomic E-state index is -1.89. The van der Waals surface area contributed by atoms with E-state index in [1.54, 1.807) is 17.0 Å². The average molecular weight is 513 g/mol. The number of nitriles is 1. The number of benzene rings is 2. The van der Waals surface area contributed by atoms with Gasteiger partial charge in [0.05, 0.1) is 6.07 Å². The van der Waals surface area contributed by atoms with Crippen molar-refractivity contribution in [3.05, 3.63) is 59.7 Å². The van der Waals surface area contributed by atoms with Gasteiger partial charge in [-0.25, -0.2) is 0 Å². The van der Waals surface area contributed by atoms with Gasteiger partial charge in [-0.15, -0.1) is 0 Å². The Balaban J connectivity index is 1.30. The van der Waals surface area contributed by atoms with Crippen molar-refractivity contribution in [2.24, 2.45) is 17.8 Å². The molecule has 8 nitrogen and oxygen atoms in total. The highest BCUT2D eigenvalue weighted by molar-refractivity contribution is 6.01. The molecule has 38 heavy (non-hydrogen) atoms. The number of rotatable bonds is 5. The zero-order valence-electron chi connectivity index (χ0n) is 21.2. The summed E-state index contributed by atoms with van der Waals surface area (Å²) in [5.41, 5.74) is 0.796. The molecule has 0 radical (unpaired) electrons. The Kier molecular flexibility index (Phi) is 6.19. The second-order valence-electron chi connectivity index (χ2n) is 11.1. The Hall–Kier alpha value is -3.70. The number of hydrogen-bond acceptors (Lipinski definition) is 5. The van der Waals surface area contributed by atoms with Gasteiger partial charge in [-0.3, -0.25) is 14.4 Å². The van der Waals surface area contributed by atoms with Gasteiger partial charge in [0.2, 0.25) is 11.8 Å². The van der Waals surface area contributed by atoms with Crippen LogP contribution >= 0.6 is 0 Å². The topological polar surface area (TPSA) is 123 Å². The summed E-state index contributed by atoms with van der Waals surface area (Å²) >= 11 is 0. The van der Waals surface area contributed by atoms with Gasteiger partial charge in [0.1, 0.15) is 12.1 Å². The summed E-state index contributed by atoms with van der Waals surface area (Å²) in [6, 6.07) is 15.3. The molecule has 3 fully saturated rings. The number of carbonyl (C=O) groups is 3. The third-order valence-electron chi connectivity index (χ3n) is 9.05. The lowest BCUT2D eigenvalue weighted by atomic mass is 9.88. The fraction of sp³-hybridized carbons (Fsp3) is 0.467. The molecule has 4 aliphatic rings. The Morgan fingerprint density at radius 1 is 1.08 bits per heavy atom. The molecule has 2 saturated heterocycles. The van der Waals surface area contributed by atoms with Crippen molar-refractivity contribution in [3.8, 4) is 17.2 Å². The average Bonchev–Trinajstić information content (AvgIpc) is 3.61. The fourth-order valence-electron chi connectivity index (χ4n) is 7.25. The number of nitrogens with zero attached hydrogens (tertiary/aromatic N) is 2. The van der Waals surface area contributed by atoms with E-state index >= 15 is 0 Å². The predicted octanol–water partition coefficient (Wildman–Crippen LogP) is 2.45. The predicted molar refractivity (Wildman–Crippen MR) is 139 cm³/mol. The maximum Gasteiger partial charge on any atom is 0.264 e. The third-order valence-corrected chi connectivity index (χ3v) is 9.05. The molecule has 2 aromatic rings.